The van der Waals surface area contributed by atoms with Crippen LogP contribution in [0.2, 0.25) is 5.02 Å². The molecule has 2 atom stereocenters. The van der Waals surface area contributed by atoms with E-state index in [1.54, 1.807) is 0 Å². The molecule has 1 aromatic carbocycles. The maximum absolute atomic E-state index is 6.26. The topological polar surface area (TPSA) is 15.3 Å². The summed E-state index contributed by atoms with van der Waals surface area (Å²) in [6.45, 7) is 6.95. The van der Waals surface area contributed by atoms with E-state index in [1.807, 2.05) is 12.1 Å². The van der Waals surface area contributed by atoms with E-state index >= 15 is 0 Å². The Labute approximate surface area is 122 Å². The summed E-state index contributed by atoms with van der Waals surface area (Å²) in [5.74, 6) is 0.779. The lowest BCUT2D eigenvalue weighted by Gasteiger charge is -2.34. The van der Waals surface area contributed by atoms with Crippen molar-refractivity contribution in [1.82, 2.24) is 10.2 Å². The second-order valence-electron chi connectivity index (χ2n) is 5.84. The molecule has 19 heavy (non-hydrogen) atoms. The van der Waals surface area contributed by atoms with Gasteiger partial charge < -0.3 is 10.2 Å². The van der Waals surface area contributed by atoms with Crippen LogP contribution in [0.3, 0.4) is 0 Å². The Hall–Kier alpha value is -0.570. The van der Waals surface area contributed by atoms with Gasteiger partial charge in [-0.25, -0.2) is 0 Å². The van der Waals surface area contributed by atoms with Crippen molar-refractivity contribution in [1.29, 1.82) is 0 Å². The molecule has 0 amide bonds. The summed E-state index contributed by atoms with van der Waals surface area (Å²) in [4.78, 5) is 2.42. The third-order valence-electron chi connectivity index (χ3n) is 4.35. The van der Waals surface area contributed by atoms with Crippen LogP contribution in [0.1, 0.15) is 38.3 Å². The zero-order valence-electron chi connectivity index (χ0n) is 12.2. The van der Waals surface area contributed by atoms with Crippen molar-refractivity contribution in [3.63, 3.8) is 0 Å². The van der Waals surface area contributed by atoms with E-state index < -0.39 is 0 Å². The maximum atomic E-state index is 6.26. The van der Waals surface area contributed by atoms with Gasteiger partial charge in [0.15, 0.2) is 0 Å². The van der Waals surface area contributed by atoms with Crippen LogP contribution >= 0.6 is 11.6 Å². The molecule has 1 saturated heterocycles. The molecular weight excluding hydrogens is 256 g/mol. The number of halogens is 1. The first-order chi connectivity index (χ1) is 9.08. The van der Waals surface area contributed by atoms with Crippen molar-refractivity contribution in [2.24, 2.45) is 5.92 Å². The first-order valence-corrected chi connectivity index (χ1v) is 7.64. The van der Waals surface area contributed by atoms with Crippen LogP contribution in [0.5, 0.6) is 0 Å². The van der Waals surface area contributed by atoms with E-state index in [9.17, 15) is 0 Å². The fourth-order valence-electron chi connectivity index (χ4n) is 2.98. The van der Waals surface area contributed by atoms with Crippen LogP contribution in [0, 0.1) is 5.92 Å². The van der Waals surface area contributed by atoms with Crippen LogP contribution in [0.25, 0.3) is 0 Å². The molecule has 0 bridgehead atoms. The summed E-state index contributed by atoms with van der Waals surface area (Å²) in [6.07, 6.45) is 2.58. The Morgan fingerprint density at radius 1 is 1.21 bits per heavy atom. The minimum atomic E-state index is 0.309. The smallest absolute Gasteiger partial charge is 0.0453 e. The number of benzene rings is 1. The third-order valence-corrected chi connectivity index (χ3v) is 4.70. The highest BCUT2D eigenvalue weighted by Crippen LogP contribution is 2.25. The van der Waals surface area contributed by atoms with E-state index in [2.05, 4.69) is 43.2 Å². The Morgan fingerprint density at radius 3 is 2.47 bits per heavy atom. The lowest BCUT2D eigenvalue weighted by atomic mass is 9.90. The molecule has 106 valence electrons. The van der Waals surface area contributed by atoms with Gasteiger partial charge in [-0.1, -0.05) is 29.8 Å². The molecule has 0 aromatic heterocycles. The molecule has 0 spiro atoms. The van der Waals surface area contributed by atoms with Gasteiger partial charge in [0.2, 0.25) is 0 Å². The van der Waals surface area contributed by atoms with Crippen molar-refractivity contribution in [2.45, 2.75) is 38.8 Å². The number of hydrogen-bond acceptors (Lipinski definition) is 2. The van der Waals surface area contributed by atoms with Gasteiger partial charge >= 0.3 is 0 Å². The molecule has 1 N–H and O–H groups in total. The highest BCUT2D eigenvalue weighted by Gasteiger charge is 2.23. The molecular formula is C16H25ClN2. The highest BCUT2D eigenvalue weighted by atomic mass is 35.5. The van der Waals surface area contributed by atoms with Gasteiger partial charge in [-0.05, 0) is 64.4 Å². The molecule has 3 heteroatoms. The Kier molecular flexibility index (Phi) is 5.26. The van der Waals surface area contributed by atoms with Crippen LogP contribution < -0.4 is 5.32 Å². The molecule has 1 aliphatic rings. The predicted molar refractivity (Wildman–Crippen MR) is 82.7 cm³/mol. The first kappa shape index (κ1) is 14.8. The average molecular weight is 281 g/mol. The zero-order chi connectivity index (χ0) is 13.8. The van der Waals surface area contributed by atoms with Gasteiger partial charge in [-0.15, -0.1) is 0 Å². The van der Waals surface area contributed by atoms with Gasteiger partial charge in [0.1, 0.15) is 0 Å². The first-order valence-electron chi connectivity index (χ1n) is 7.27. The molecule has 1 aromatic rings. The van der Waals surface area contributed by atoms with Crippen molar-refractivity contribution in [3.8, 4) is 0 Å². The van der Waals surface area contributed by atoms with E-state index in [4.69, 9.17) is 11.6 Å². The number of hydrogen-bond donors (Lipinski definition) is 1. The van der Waals surface area contributed by atoms with Gasteiger partial charge in [0.05, 0.1) is 0 Å². The summed E-state index contributed by atoms with van der Waals surface area (Å²) in [6, 6.07) is 8.97. The molecule has 2 nitrogen and oxygen atoms in total. The second kappa shape index (κ2) is 6.74. The summed E-state index contributed by atoms with van der Waals surface area (Å²) >= 11 is 6.26. The van der Waals surface area contributed by atoms with Gasteiger partial charge in [-0.2, -0.15) is 0 Å². The van der Waals surface area contributed by atoms with Crippen molar-refractivity contribution < 1.29 is 0 Å². The lowest BCUT2D eigenvalue weighted by Crippen LogP contribution is -2.41. The third kappa shape index (κ3) is 3.95. The summed E-state index contributed by atoms with van der Waals surface area (Å²) < 4.78 is 0. The van der Waals surface area contributed by atoms with Crippen LogP contribution in [0.15, 0.2) is 24.3 Å². The van der Waals surface area contributed by atoms with Crippen LogP contribution in [-0.2, 0) is 0 Å². The molecule has 2 rings (SSSR count). The standard InChI is InChI=1S/C16H25ClN2/c1-12(14-8-10-19(3)11-9-14)18-13(2)15-6-4-5-7-16(15)17/h4-7,12-14,18H,8-11H2,1-3H3/t12?,13-/m1/s1. The van der Waals surface area contributed by atoms with Gasteiger partial charge in [0.25, 0.3) is 0 Å². The predicted octanol–water partition coefficient (Wildman–Crippen LogP) is 3.72. The molecule has 1 unspecified atom stereocenters. The van der Waals surface area contributed by atoms with Crippen molar-refractivity contribution in [2.75, 3.05) is 20.1 Å². The van der Waals surface area contributed by atoms with Gasteiger partial charge in [-0.3, -0.25) is 0 Å². The number of piperidine rings is 1. The molecule has 0 saturated carbocycles. The fraction of sp³-hybridized carbons (Fsp3) is 0.625. The maximum Gasteiger partial charge on any atom is 0.0453 e. The second-order valence-corrected chi connectivity index (χ2v) is 6.25. The average Bonchev–Trinajstić information content (AvgIpc) is 2.39. The van der Waals surface area contributed by atoms with Crippen molar-refractivity contribution in [3.05, 3.63) is 34.9 Å². The Bertz CT molecular complexity index is 399. The quantitative estimate of drug-likeness (QED) is 0.904. The number of nitrogens with zero attached hydrogens (tertiary/aromatic N) is 1. The van der Waals surface area contributed by atoms with Crippen molar-refractivity contribution >= 4 is 11.6 Å². The lowest BCUT2D eigenvalue weighted by molar-refractivity contribution is 0.185. The van der Waals surface area contributed by atoms with E-state index in [0.717, 1.165) is 10.9 Å². The van der Waals surface area contributed by atoms with Crippen LogP contribution in [0.4, 0.5) is 0 Å². The Balaban J connectivity index is 1.91. The SMILES string of the molecule is CC(N[C@H](C)c1ccccc1Cl)C1CCN(C)CC1. The van der Waals surface area contributed by atoms with Crippen LogP contribution in [-0.4, -0.2) is 31.1 Å². The molecule has 1 fully saturated rings. The summed E-state index contributed by atoms with van der Waals surface area (Å²) in [5, 5.41) is 4.58. The highest BCUT2D eigenvalue weighted by molar-refractivity contribution is 6.31. The molecule has 1 aliphatic heterocycles. The number of rotatable bonds is 4. The van der Waals surface area contributed by atoms with E-state index in [0.29, 0.717) is 12.1 Å². The Morgan fingerprint density at radius 2 is 1.84 bits per heavy atom. The summed E-state index contributed by atoms with van der Waals surface area (Å²) in [5.41, 5.74) is 1.20. The molecule has 1 heterocycles. The zero-order valence-corrected chi connectivity index (χ0v) is 13.0. The van der Waals surface area contributed by atoms with E-state index in [1.165, 1.54) is 31.5 Å². The minimum Gasteiger partial charge on any atom is -0.307 e. The minimum absolute atomic E-state index is 0.309. The van der Waals surface area contributed by atoms with Gasteiger partial charge in [0, 0.05) is 17.1 Å². The summed E-state index contributed by atoms with van der Waals surface area (Å²) in [7, 11) is 2.21. The number of likely N-dealkylation sites (tertiary alicyclic amines) is 1. The normalized spacial score (nSPS) is 21.3. The largest absolute Gasteiger partial charge is 0.307 e. The fourth-order valence-corrected chi connectivity index (χ4v) is 3.27. The molecule has 0 radical (unpaired) electrons. The van der Waals surface area contributed by atoms with E-state index in [-0.39, 0.29) is 0 Å². The number of nitrogens with one attached hydrogen (secondary N) is 1. The molecule has 0 aliphatic carbocycles. The monoisotopic (exact) mass is 280 g/mol.